The minimum atomic E-state index is -4.40. The van der Waals surface area contributed by atoms with Crippen molar-refractivity contribution in [2.75, 3.05) is 13.2 Å². The largest absolute Gasteiger partial charge is 0.496 e. The first-order chi connectivity index (χ1) is 9.43. The topological polar surface area (TPSA) is 21.3 Å². The van der Waals surface area contributed by atoms with Crippen molar-refractivity contribution in [3.63, 3.8) is 0 Å². The third-order valence-electron chi connectivity index (χ3n) is 3.06. The highest BCUT2D eigenvalue weighted by Gasteiger charge is 2.36. The first-order valence-electron chi connectivity index (χ1n) is 6.36. The molecular formula is C14H15BrF3NO. The normalized spacial score (nSPS) is 16.8. The molecule has 0 fully saturated rings. The van der Waals surface area contributed by atoms with Crippen molar-refractivity contribution in [2.45, 2.75) is 25.6 Å². The monoisotopic (exact) mass is 349 g/mol. The summed E-state index contributed by atoms with van der Waals surface area (Å²) in [7, 11) is 0. The van der Waals surface area contributed by atoms with Crippen LogP contribution in [0.25, 0.3) is 0 Å². The quantitative estimate of drug-likeness (QED) is 0.868. The van der Waals surface area contributed by atoms with Crippen LogP contribution in [0.15, 0.2) is 34.5 Å². The van der Waals surface area contributed by atoms with Gasteiger partial charge in [-0.05, 0) is 30.3 Å². The molecule has 1 unspecified atom stereocenters. The Kier molecular flexibility index (Phi) is 4.75. The Bertz CT molecular complexity index is 514. The van der Waals surface area contributed by atoms with Crippen LogP contribution in [0.4, 0.5) is 13.2 Å². The summed E-state index contributed by atoms with van der Waals surface area (Å²) < 4.78 is 45.5. The molecule has 0 radical (unpaired) electrons. The van der Waals surface area contributed by atoms with Crippen molar-refractivity contribution in [2.24, 2.45) is 0 Å². The smallest absolute Gasteiger partial charge is 0.416 e. The average Bonchev–Trinajstić information content (AvgIpc) is 2.89. The van der Waals surface area contributed by atoms with E-state index in [9.17, 15) is 13.2 Å². The third kappa shape index (κ3) is 3.35. The number of ether oxygens (including phenoxy) is 1. The van der Waals surface area contributed by atoms with Gasteiger partial charge in [-0.3, -0.25) is 0 Å². The molecule has 1 aliphatic heterocycles. The fraction of sp³-hybridized carbons (Fsp3) is 0.429. The van der Waals surface area contributed by atoms with Gasteiger partial charge >= 0.3 is 6.18 Å². The Morgan fingerprint density at radius 1 is 1.40 bits per heavy atom. The average molecular weight is 350 g/mol. The number of hydrogen-bond donors (Lipinski definition) is 1. The van der Waals surface area contributed by atoms with Crippen molar-refractivity contribution in [1.29, 1.82) is 0 Å². The fourth-order valence-electron chi connectivity index (χ4n) is 2.23. The second kappa shape index (κ2) is 6.18. The van der Waals surface area contributed by atoms with Gasteiger partial charge < -0.3 is 10.1 Å². The molecule has 0 saturated carbocycles. The van der Waals surface area contributed by atoms with Crippen molar-refractivity contribution in [1.82, 2.24) is 5.32 Å². The van der Waals surface area contributed by atoms with Crippen molar-refractivity contribution >= 4 is 15.9 Å². The fourth-order valence-corrected chi connectivity index (χ4v) is 2.59. The van der Waals surface area contributed by atoms with Gasteiger partial charge in [0.15, 0.2) is 0 Å². The SMILES string of the molecule is CCNC(C1=CCCO1)c1ccc(Br)cc1C(F)(F)F. The van der Waals surface area contributed by atoms with Crippen LogP contribution in [0.2, 0.25) is 0 Å². The van der Waals surface area contributed by atoms with Gasteiger partial charge in [0, 0.05) is 10.9 Å². The molecule has 1 atom stereocenters. The van der Waals surface area contributed by atoms with Gasteiger partial charge in [-0.15, -0.1) is 0 Å². The summed E-state index contributed by atoms with van der Waals surface area (Å²) in [5, 5.41) is 3.06. The first kappa shape index (κ1) is 15.4. The molecule has 20 heavy (non-hydrogen) atoms. The van der Waals surface area contributed by atoms with Crippen LogP contribution >= 0.6 is 15.9 Å². The predicted octanol–water partition coefficient (Wildman–Crippen LogP) is 4.42. The molecule has 2 rings (SSSR count). The number of benzene rings is 1. The highest BCUT2D eigenvalue weighted by atomic mass is 79.9. The molecule has 0 aliphatic carbocycles. The lowest BCUT2D eigenvalue weighted by atomic mass is 9.98. The Morgan fingerprint density at radius 2 is 2.15 bits per heavy atom. The summed E-state index contributed by atoms with van der Waals surface area (Å²) >= 11 is 3.09. The Hall–Kier alpha value is -1.01. The number of hydrogen-bond acceptors (Lipinski definition) is 2. The molecule has 110 valence electrons. The number of likely N-dealkylation sites (N-methyl/N-ethyl adjacent to an activating group) is 1. The summed E-state index contributed by atoms with van der Waals surface area (Å²) in [6.07, 6.45) is -1.82. The molecule has 0 aromatic heterocycles. The minimum absolute atomic E-state index is 0.190. The van der Waals surface area contributed by atoms with E-state index in [4.69, 9.17) is 4.74 Å². The minimum Gasteiger partial charge on any atom is -0.496 e. The predicted molar refractivity (Wildman–Crippen MR) is 74.2 cm³/mol. The van der Waals surface area contributed by atoms with E-state index in [0.29, 0.717) is 23.4 Å². The van der Waals surface area contributed by atoms with Gasteiger partial charge in [-0.1, -0.05) is 28.9 Å². The van der Waals surface area contributed by atoms with E-state index in [2.05, 4.69) is 21.2 Å². The third-order valence-corrected chi connectivity index (χ3v) is 3.55. The summed E-state index contributed by atoms with van der Waals surface area (Å²) in [6, 6.07) is 3.65. The zero-order chi connectivity index (χ0) is 14.8. The van der Waals surface area contributed by atoms with E-state index in [1.54, 1.807) is 6.07 Å². The van der Waals surface area contributed by atoms with Gasteiger partial charge in [-0.2, -0.15) is 13.2 Å². The van der Waals surface area contributed by atoms with E-state index in [-0.39, 0.29) is 5.56 Å². The zero-order valence-electron chi connectivity index (χ0n) is 10.9. The molecule has 1 aromatic carbocycles. The Labute approximate surface area is 124 Å². The summed E-state index contributed by atoms with van der Waals surface area (Å²) in [4.78, 5) is 0. The number of nitrogens with one attached hydrogen (secondary N) is 1. The molecule has 1 aromatic rings. The molecule has 2 nitrogen and oxygen atoms in total. The molecule has 0 spiro atoms. The molecule has 1 heterocycles. The second-order valence-corrected chi connectivity index (χ2v) is 5.38. The van der Waals surface area contributed by atoms with Gasteiger partial charge in [0.25, 0.3) is 0 Å². The van der Waals surface area contributed by atoms with Gasteiger partial charge in [0.05, 0.1) is 18.2 Å². The van der Waals surface area contributed by atoms with Gasteiger partial charge in [0.1, 0.15) is 5.76 Å². The molecule has 1 aliphatic rings. The van der Waals surface area contributed by atoms with E-state index in [0.717, 1.165) is 12.5 Å². The lowest BCUT2D eigenvalue weighted by Gasteiger charge is -2.23. The van der Waals surface area contributed by atoms with Gasteiger partial charge in [-0.25, -0.2) is 0 Å². The van der Waals surface area contributed by atoms with Crippen molar-refractivity contribution in [3.8, 4) is 0 Å². The van der Waals surface area contributed by atoms with E-state index in [1.807, 2.05) is 13.0 Å². The van der Waals surface area contributed by atoms with Crippen LogP contribution in [0.3, 0.4) is 0 Å². The van der Waals surface area contributed by atoms with Crippen LogP contribution in [-0.2, 0) is 10.9 Å². The maximum Gasteiger partial charge on any atom is 0.416 e. The van der Waals surface area contributed by atoms with Crippen LogP contribution in [0.5, 0.6) is 0 Å². The summed E-state index contributed by atoms with van der Waals surface area (Å²) in [6.45, 7) is 2.93. The maximum atomic E-state index is 13.2. The molecule has 6 heteroatoms. The van der Waals surface area contributed by atoms with E-state index >= 15 is 0 Å². The zero-order valence-corrected chi connectivity index (χ0v) is 12.5. The number of alkyl halides is 3. The highest BCUT2D eigenvalue weighted by molar-refractivity contribution is 9.10. The summed E-state index contributed by atoms with van der Waals surface area (Å²) in [5.41, 5.74) is -0.454. The van der Waals surface area contributed by atoms with E-state index < -0.39 is 17.8 Å². The first-order valence-corrected chi connectivity index (χ1v) is 7.15. The second-order valence-electron chi connectivity index (χ2n) is 4.46. The van der Waals surface area contributed by atoms with Crippen LogP contribution < -0.4 is 5.32 Å². The maximum absolute atomic E-state index is 13.2. The van der Waals surface area contributed by atoms with Crippen LogP contribution in [0.1, 0.15) is 30.5 Å². The lowest BCUT2D eigenvalue weighted by Crippen LogP contribution is -2.26. The molecule has 0 bridgehead atoms. The summed E-state index contributed by atoms with van der Waals surface area (Å²) in [5.74, 6) is 0.569. The van der Waals surface area contributed by atoms with Crippen LogP contribution in [0, 0.1) is 0 Å². The molecule has 0 saturated heterocycles. The standard InChI is InChI=1S/C14H15BrF3NO/c1-2-19-13(12-4-3-7-20-12)10-6-5-9(15)8-11(10)14(16,17)18/h4-6,8,13,19H,2-3,7H2,1H3. The van der Waals surface area contributed by atoms with Crippen molar-refractivity contribution < 1.29 is 17.9 Å². The Balaban J connectivity index is 2.47. The van der Waals surface area contributed by atoms with E-state index in [1.165, 1.54) is 6.07 Å². The molecule has 1 N–H and O–H groups in total. The van der Waals surface area contributed by atoms with Gasteiger partial charge in [0.2, 0.25) is 0 Å². The highest BCUT2D eigenvalue weighted by Crippen LogP contribution is 2.39. The lowest BCUT2D eigenvalue weighted by molar-refractivity contribution is -0.138. The van der Waals surface area contributed by atoms with Crippen LogP contribution in [-0.4, -0.2) is 13.2 Å². The number of halogens is 4. The van der Waals surface area contributed by atoms with Crippen molar-refractivity contribution in [3.05, 3.63) is 45.6 Å². The number of rotatable bonds is 4. The molecular weight excluding hydrogens is 335 g/mol. The molecule has 0 amide bonds. The Morgan fingerprint density at radius 3 is 2.70 bits per heavy atom.